The Kier molecular flexibility index (Phi) is 2.91. The third-order valence-electron chi connectivity index (χ3n) is 1.35. The highest BCUT2D eigenvalue weighted by Crippen LogP contribution is 2.34. The highest BCUT2D eigenvalue weighted by Gasteiger charge is 2.06. The number of hydrogen-bond donors (Lipinski definition) is 3. The van der Waals surface area contributed by atoms with Gasteiger partial charge < -0.3 is 10.2 Å². The number of rotatable bonds is 2. The SMILES string of the molecule is NOCc1cc(O)c(O)c(Br)c1. The topological polar surface area (TPSA) is 75.7 Å². The van der Waals surface area contributed by atoms with Gasteiger partial charge >= 0.3 is 0 Å². The van der Waals surface area contributed by atoms with E-state index in [1.54, 1.807) is 6.07 Å². The number of halogens is 1. The largest absolute Gasteiger partial charge is 0.504 e. The van der Waals surface area contributed by atoms with E-state index < -0.39 is 0 Å². The van der Waals surface area contributed by atoms with Crippen molar-refractivity contribution in [1.29, 1.82) is 0 Å². The maximum atomic E-state index is 9.13. The molecule has 0 aromatic heterocycles. The van der Waals surface area contributed by atoms with Crippen LogP contribution in [0, 0.1) is 0 Å². The first-order valence-electron chi connectivity index (χ1n) is 3.17. The lowest BCUT2D eigenvalue weighted by atomic mass is 10.2. The van der Waals surface area contributed by atoms with Crippen LogP contribution in [0.5, 0.6) is 11.5 Å². The third kappa shape index (κ3) is 1.88. The lowest BCUT2D eigenvalue weighted by molar-refractivity contribution is 0.124. The molecular formula is C7H8BrNO3. The van der Waals surface area contributed by atoms with E-state index in [0.717, 1.165) is 0 Å². The lowest BCUT2D eigenvalue weighted by Crippen LogP contribution is -1.98. The fraction of sp³-hybridized carbons (Fsp3) is 0.143. The molecule has 12 heavy (non-hydrogen) atoms. The van der Waals surface area contributed by atoms with Crippen LogP contribution in [-0.4, -0.2) is 10.2 Å². The second kappa shape index (κ2) is 3.75. The number of phenolic OH excluding ortho intramolecular Hbond substituents is 2. The Balaban J connectivity index is 3.04. The molecule has 0 heterocycles. The van der Waals surface area contributed by atoms with Crippen LogP contribution in [0.15, 0.2) is 16.6 Å². The van der Waals surface area contributed by atoms with Crippen molar-refractivity contribution in [2.45, 2.75) is 6.61 Å². The lowest BCUT2D eigenvalue weighted by Gasteiger charge is -2.03. The fourth-order valence-electron chi connectivity index (χ4n) is 0.819. The van der Waals surface area contributed by atoms with Gasteiger partial charge in [-0.25, -0.2) is 5.90 Å². The van der Waals surface area contributed by atoms with Crippen molar-refractivity contribution >= 4 is 15.9 Å². The molecule has 1 rings (SSSR count). The molecule has 0 saturated carbocycles. The van der Waals surface area contributed by atoms with Gasteiger partial charge in [0.1, 0.15) is 0 Å². The minimum absolute atomic E-state index is 0.184. The first-order chi connectivity index (χ1) is 5.65. The average Bonchev–Trinajstić information content (AvgIpc) is 2.01. The zero-order valence-electron chi connectivity index (χ0n) is 6.12. The average molecular weight is 234 g/mol. The summed E-state index contributed by atoms with van der Waals surface area (Å²) in [6.07, 6.45) is 0. The molecule has 0 spiro atoms. The van der Waals surface area contributed by atoms with Crippen LogP contribution in [0.4, 0.5) is 0 Å². The maximum Gasteiger partial charge on any atom is 0.171 e. The van der Waals surface area contributed by atoms with Gasteiger partial charge in [-0.3, -0.25) is 4.84 Å². The summed E-state index contributed by atoms with van der Waals surface area (Å²) in [6, 6.07) is 2.99. The highest BCUT2D eigenvalue weighted by atomic mass is 79.9. The molecule has 0 amide bonds. The van der Waals surface area contributed by atoms with Gasteiger partial charge in [-0.2, -0.15) is 0 Å². The van der Waals surface area contributed by atoms with Crippen LogP contribution in [-0.2, 0) is 11.4 Å². The molecule has 4 nitrogen and oxygen atoms in total. The number of benzene rings is 1. The Morgan fingerprint density at radius 1 is 1.42 bits per heavy atom. The summed E-state index contributed by atoms with van der Waals surface area (Å²) in [4.78, 5) is 4.36. The summed E-state index contributed by atoms with van der Waals surface area (Å²) in [5, 5.41) is 18.3. The fourth-order valence-corrected chi connectivity index (χ4v) is 1.32. The molecule has 0 unspecified atom stereocenters. The second-order valence-corrected chi connectivity index (χ2v) is 3.11. The molecular weight excluding hydrogens is 226 g/mol. The molecule has 5 heteroatoms. The van der Waals surface area contributed by atoms with Crippen LogP contribution >= 0.6 is 15.9 Å². The van der Waals surface area contributed by atoms with E-state index in [1.165, 1.54) is 6.07 Å². The predicted molar refractivity (Wildman–Crippen MR) is 46.4 cm³/mol. The number of hydrogen-bond acceptors (Lipinski definition) is 4. The standard InChI is InChI=1S/C7H8BrNO3/c8-5-1-4(3-12-9)2-6(10)7(5)11/h1-2,10-11H,3,9H2. The van der Waals surface area contributed by atoms with Gasteiger partial charge in [-0.15, -0.1) is 0 Å². The van der Waals surface area contributed by atoms with Crippen molar-refractivity contribution in [3.05, 3.63) is 22.2 Å². The molecule has 0 fully saturated rings. The Morgan fingerprint density at radius 2 is 2.08 bits per heavy atom. The molecule has 0 bridgehead atoms. The first kappa shape index (κ1) is 9.31. The summed E-state index contributed by atoms with van der Waals surface area (Å²) in [5.74, 6) is 4.46. The molecule has 66 valence electrons. The summed E-state index contributed by atoms with van der Waals surface area (Å²) < 4.78 is 0.412. The smallest absolute Gasteiger partial charge is 0.171 e. The van der Waals surface area contributed by atoms with Crippen LogP contribution < -0.4 is 5.90 Å². The van der Waals surface area contributed by atoms with Gasteiger partial charge in [0.2, 0.25) is 0 Å². The molecule has 0 aliphatic rings. The molecule has 0 saturated heterocycles. The van der Waals surface area contributed by atoms with E-state index in [0.29, 0.717) is 10.0 Å². The van der Waals surface area contributed by atoms with Crippen molar-refractivity contribution in [1.82, 2.24) is 0 Å². The number of nitrogens with two attached hydrogens (primary N) is 1. The van der Waals surface area contributed by atoms with Gasteiger partial charge in [0.05, 0.1) is 11.1 Å². The van der Waals surface area contributed by atoms with Gasteiger partial charge in [-0.05, 0) is 33.6 Å². The third-order valence-corrected chi connectivity index (χ3v) is 1.96. The van der Waals surface area contributed by atoms with Gasteiger partial charge in [0, 0.05) is 0 Å². The number of phenols is 2. The molecule has 0 aliphatic heterocycles. The van der Waals surface area contributed by atoms with Crippen molar-refractivity contribution in [2.24, 2.45) is 5.90 Å². The Hall–Kier alpha value is -0.780. The van der Waals surface area contributed by atoms with Gasteiger partial charge in [0.15, 0.2) is 11.5 Å². The normalized spacial score (nSPS) is 10.2. The number of aromatic hydroxyl groups is 2. The van der Waals surface area contributed by atoms with E-state index in [-0.39, 0.29) is 18.1 Å². The summed E-state index contributed by atoms with van der Waals surface area (Å²) >= 11 is 3.06. The highest BCUT2D eigenvalue weighted by molar-refractivity contribution is 9.10. The van der Waals surface area contributed by atoms with E-state index in [2.05, 4.69) is 20.8 Å². The maximum absolute atomic E-state index is 9.13. The molecule has 0 radical (unpaired) electrons. The van der Waals surface area contributed by atoms with E-state index in [4.69, 9.17) is 16.1 Å². The van der Waals surface area contributed by atoms with Crippen LogP contribution in [0.1, 0.15) is 5.56 Å². The van der Waals surface area contributed by atoms with Crippen LogP contribution in [0.2, 0.25) is 0 Å². The second-order valence-electron chi connectivity index (χ2n) is 2.26. The van der Waals surface area contributed by atoms with Crippen molar-refractivity contribution < 1.29 is 15.1 Å². The van der Waals surface area contributed by atoms with E-state index in [1.807, 2.05) is 0 Å². The summed E-state index contributed by atoms with van der Waals surface area (Å²) in [7, 11) is 0. The minimum atomic E-state index is -0.198. The van der Waals surface area contributed by atoms with E-state index >= 15 is 0 Å². The summed E-state index contributed by atoms with van der Waals surface area (Å²) in [5.41, 5.74) is 0.680. The molecule has 0 aliphatic carbocycles. The Morgan fingerprint density at radius 3 is 2.58 bits per heavy atom. The predicted octanol–water partition coefficient (Wildman–Crippen LogP) is 1.25. The molecule has 1 aromatic rings. The van der Waals surface area contributed by atoms with Crippen LogP contribution in [0.25, 0.3) is 0 Å². The monoisotopic (exact) mass is 233 g/mol. The van der Waals surface area contributed by atoms with Crippen molar-refractivity contribution in [3.63, 3.8) is 0 Å². The van der Waals surface area contributed by atoms with Crippen molar-refractivity contribution in [3.8, 4) is 11.5 Å². The Bertz CT molecular complexity index is 267. The minimum Gasteiger partial charge on any atom is -0.504 e. The van der Waals surface area contributed by atoms with E-state index in [9.17, 15) is 0 Å². The van der Waals surface area contributed by atoms with Gasteiger partial charge in [0.25, 0.3) is 0 Å². The van der Waals surface area contributed by atoms with Crippen LogP contribution in [0.3, 0.4) is 0 Å². The zero-order chi connectivity index (χ0) is 9.14. The Labute approximate surface area is 77.7 Å². The molecule has 1 aromatic carbocycles. The molecule has 0 atom stereocenters. The van der Waals surface area contributed by atoms with Crippen molar-refractivity contribution in [2.75, 3.05) is 0 Å². The zero-order valence-corrected chi connectivity index (χ0v) is 7.71. The molecule has 4 N–H and O–H groups in total. The quantitative estimate of drug-likeness (QED) is 0.531. The van der Waals surface area contributed by atoms with Gasteiger partial charge in [-0.1, -0.05) is 0 Å². The summed E-state index contributed by atoms with van der Waals surface area (Å²) in [6.45, 7) is 0.187. The first-order valence-corrected chi connectivity index (χ1v) is 3.96.